The fourth-order valence-electron chi connectivity index (χ4n) is 5.84. The Morgan fingerprint density at radius 3 is 2.59 bits per heavy atom. The third-order valence-corrected chi connectivity index (χ3v) is 8.61. The third kappa shape index (κ3) is 4.77. The second kappa shape index (κ2) is 10.4. The summed E-state index contributed by atoms with van der Waals surface area (Å²) in [4.78, 5) is 43.4. The van der Waals surface area contributed by atoms with Crippen LogP contribution in [0, 0.1) is 5.92 Å². The molecule has 0 bridgehead atoms. The number of carbonyl (C=O) groups excluding carboxylic acids is 3. The predicted molar refractivity (Wildman–Crippen MR) is 143 cm³/mol. The van der Waals surface area contributed by atoms with Crippen molar-refractivity contribution < 1.29 is 41.8 Å². The number of esters is 1. The predicted octanol–water partition coefficient (Wildman–Crippen LogP) is 6.21. The number of Topliss-reactive ketones (excluding diaryl/α,β-unsaturated/α-hetero) is 1. The number of alkyl halides is 3. The van der Waals surface area contributed by atoms with Crippen LogP contribution in [0.4, 0.5) is 18.9 Å². The number of hydrogen-bond acceptors (Lipinski definition) is 7. The van der Waals surface area contributed by atoms with Gasteiger partial charge in [0.15, 0.2) is 17.3 Å². The first-order valence-electron chi connectivity index (χ1n) is 13.0. The number of ketones is 1. The highest BCUT2D eigenvalue weighted by Crippen LogP contribution is 2.51. The van der Waals surface area contributed by atoms with Gasteiger partial charge in [-0.1, -0.05) is 18.2 Å². The summed E-state index contributed by atoms with van der Waals surface area (Å²) in [6.45, 7) is 1.76. The number of carbonyl (C=O) groups is 3. The summed E-state index contributed by atoms with van der Waals surface area (Å²) in [6.07, 6.45) is -4.74. The van der Waals surface area contributed by atoms with Gasteiger partial charge >= 0.3 is 12.1 Å². The van der Waals surface area contributed by atoms with E-state index in [1.165, 1.54) is 28.4 Å². The number of rotatable bonds is 5. The number of thiophene rings is 1. The number of benzene rings is 2. The maximum Gasteiger partial charge on any atom is 0.416 e. The summed E-state index contributed by atoms with van der Waals surface area (Å²) in [5.74, 6) is -3.23. The number of nitrogens with zero attached hydrogens (tertiary/aromatic N) is 1. The lowest BCUT2D eigenvalue weighted by Crippen LogP contribution is -2.46. The molecule has 0 saturated carbocycles. The summed E-state index contributed by atoms with van der Waals surface area (Å²) in [6, 6.07) is 13.2. The van der Waals surface area contributed by atoms with Crippen LogP contribution in [-0.4, -0.2) is 31.1 Å². The minimum Gasteiger partial charge on any atom is -0.465 e. The van der Waals surface area contributed by atoms with E-state index in [1.807, 2.05) is 5.38 Å². The second-order valence-corrected chi connectivity index (χ2v) is 10.9. The highest BCUT2D eigenvalue weighted by atomic mass is 32.1. The van der Waals surface area contributed by atoms with Crippen LogP contribution in [0.25, 0.3) is 0 Å². The first-order valence-corrected chi connectivity index (χ1v) is 13.9. The highest BCUT2D eigenvalue weighted by Gasteiger charge is 2.50. The smallest absolute Gasteiger partial charge is 0.416 e. The summed E-state index contributed by atoms with van der Waals surface area (Å²) in [5.41, 5.74) is 0.196. The maximum absolute atomic E-state index is 14.4. The molecule has 0 fully saturated rings. The first kappa shape index (κ1) is 27.1. The molecule has 6 rings (SSSR count). The van der Waals surface area contributed by atoms with Crippen molar-refractivity contribution in [2.45, 2.75) is 37.8 Å². The van der Waals surface area contributed by atoms with Crippen molar-refractivity contribution in [1.82, 2.24) is 0 Å². The topological polar surface area (TPSA) is 82.1 Å². The van der Waals surface area contributed by atoms with Gasteiger partial charge in [-0.05, 0) is 60.7 Å². The minimum atomic E-state index is -4.63. The van der Waals surface area contributed by atoms with E-state index in [0.29, 0.717) is 17.1 Å². The van der Waals surface area contributed by atoms with Crippen LogP contribution in [0.3, 0.4) is 0 Å². The van der Waals surface area contributed by atoms with Crippen molar-refractivity contribution in [2.75, 3.05) is 18.3 Å². The van der Waals surface area contributed by atoms with Gasteiger partial charge in [-0.15, -0.1) is 11.3 Å². The van der Waals surface area contributed by atoms with Crippen molar-refractivity contribution in [3.05, 3.63) is 87.3 Å². The molecular weight excluding hydrogens is 559 g/mol. The lowest BCUT2D eigenvalue weighted by Gasteiger charge is -2.42. The van der Waals surface area contributed by atoms with Gasteiger partial charge < -0.3 is 14.2 Å². The van der Waals surface area contributed by atoms with Gasteiger partial charge in [-0.2, -0.15) is 13.2 Å². The van der Waals surface area contributed by atoms with Gasteiger partial charge in [0.1, 0.15) is 5.92 Å². The van der Waals surface area contributed by atoms with Crippen LogP contribution in [0.2, 0.25) is 0 Å². The Kier molecular flexibility index (Phi) is 6.85. The lowest BCUT2D eigenvalue weighted by atomic mass is 9.69. The van der Waals surface area contributed by atoms with E-state index in [9.17, 15) is 27.6 Å². The van der Waals surface area contributed by atoms with E-state index in [4.69, 9.17) is 14.2 Å². The fraction of sp³-hybridized carbons (Fsp3) is 0.300. The molecule has 11 heteroatoms. The van der Waals surface area contributed by atoms with Gasteiger partial charge in [-0.25, -0.2) is 0 Å². The molecule has 2 aliphatic heterocycles. The van der Waals surface area contributed by atoms with Gasteiger partial charge in [0, 0.05) is 40.1 Å². The molecule has 1 aromatic heterocycles. The average Bonchev–Trinajstić information content (AvgIpc) is 3.64. The quantitative estimate of drug-likeness (QED) is 0.263. The Balaban J connectivity index is 1.55. The highest BCUT2D eigenvalue weighted by molar-refractivity contribution is 7.10. The van der Waals surface area contributed by atoms with Crippen molar-refractivity contribution in [3.8, 4) is 11.5 Å². The molecule has 212 valence electrons. The molecule has 1 amide bonds. The zero-order valence-electron chi connectivity index (χ0n) is 21.8. The van der Waals surface area contributed by atoms with Gasteiger partial charge in [0.25, 0.3) is 0 Å². The molecule has 0 radical (unpaired) electrons. The van der Waals surface area contributed by atoms with E-state index in [-0.39, 0.29) is 43.2 Å². The van der Waals surface area contributed by atoms with E-state index in [1.54, 1.807) is 37.3 Å². The molecule has 3 aliphatic rings. The number of amides is 1. The van der Waals surface area contributed by atoms with Crippen molar-refractivity contribution in [3.63, 3.8) is 0 Å². The maximum atomic E-state index is 14.4. The third-order valence-electron chi connectivity index (χ3n) is 7.60. The molecule has 1 aliphatic carbocycles. The minimum absolute atomic E-state index is 0.00813. The van der Waals surface area contributed by atoms with Crippen molar-refractivity contribution >= 4 is 34.7 Å². The molecule has 2 aromatic carbocycles. The Hall–Kier alpha value is -4.12. The van der Waals surface area contributed by atoms with E-state index in [0.717, 1.165) is 17.0 Å². The molecule has 0 spiro atoms. The van der Waals surface area contributed by atoms with E-state index >= 15 is 0 Å². The molecule has 3 heterocycles. The molecule has 3 atom stereocenters. The second-order valence-electron chi connectivity index (χ2n) is 9.93. The van der Waals surface area contributed by atoms with E-state index < -0.39 is 47.2 Å². The molecule has 0 N–H and O–H groups in total. The fourth-order valence-corrected chi connectivity index (χ4v) is 6.70. The Labute approximate surface area is 237 Å². The van der Waals surface area contributed by atoms with Crippen LogP contribution in [0.15, 0.2) is 71.2 Å². The largest absolute Gasteiger partial charge is 0.465 e. The number of halogens is 3. The van der Waals surface area contributed by atoms with Gasteiger partial charge in [0.2, 0.25) is 12.7 Å². The summed E-state index contributed by atoms with van der Waals surface area (Å²) in [7, 11) is 0. The molecule has 0 unspecified atom stereocenters. The molecule has 3 aromatic rings. The lowest BCUT2D eigenvalue weighted by molar-refractivity contribution is -0.152. The Morgan fingerprint density at radius 1 is 1.05 bits per heavy atom. The van der Waals surface area contributed by atoms with Crippen LogP contribution in [-0.2, 0) is 25.3 Å². The van der Waals surface area contributed by atoms with Crippen LogP contribution < -0.4 is 14.4 Å². The Bertz CT molecular complexity index is 1560. The van der Waals surface area contributed by atoms with E-state index in [2.05, 4.69) is 0 Å². The first-order chi connectivity index (χ1) is 19.7. The summed E-state index contributed by atoms with van der Waals surface area (Å²) < 4.78 is 57.2. The molecule has 7 nitrogen and oxygen atoms in total. The number of hydrogen-bond donors (Lipinski definition) is 0. The monoisotopic (exact) mass is 583 g/mol. The number of allylic oxidation sites excluding steroid dienone is 2. The number of fused-ring (bicyclic) bond motifs is 1. The van der Waals surface area contributed by atoms with Crippen molar-refractivity contribution in [2.24, 2.45) is 5.92 Å². The molecular formula is C30H24F3NO6S. The van der Waals surface area contributed by atoms with Crippen molar-refractivity contribution in [1.29, 1.82) is 0 Å². The average molecular weight is 584 g/mol. The zero-order valence-corrected chi connectivity index (χ0v) is 22.6. The zero-order chi connectivity index (χ0) is 28.9. The van der Waals surface area contributed by atoms with Crippen LogP contribution in [0.5, 0.6) is 11.5 Å². The SMILES string of the molecule is CCOC(=O)[C@@H]1C(=O)C2=C(C[C@@H]1c1cccs1)N(c1cccc(C(F)(F)F)c1)C(=O)C[C@H]2c1ccc2c(c1)OCO2. The van der Waals surface area contributed by atoms with Gasteiger partial charge in [0.05, 0.1) is 12.2 Å². The summed E-state index contributed by atoms with van der Waals surface area (Å²) in [5, 5.41) is 1.82. The van der Waals surface area contributed by atoms with Crippen LogP contribution >= 0.6 is 11.3 Å². The molecule has 0 saturated heterocycles. The van der Waals surface area contributed by atoms with Gasteiger partial charge in [-0.3, -0.25) is 19.3 Å². The Morgan fingerprint density at radius 2 is 1.85 bits per heavy atom. The standard InChI is InChI=1S/C30H24F3NO6S/c1-2-38-29(37)27-20(24-7-4-10-41-24)13-21-26(28(27)36)19(16-8-9-22-23(11-16)40-15-39-22)14-25(35)34(21)18-6-3-5-17(12-18)30(31,32)33/h3-12,19-20,27H,2,13-15H2,1H3/t19-,20+,27-/m0/s1. The molecule has 41 heavy (non-hydrogen) atoms. The summed E-state index contributed by atoms with van der Waals surface area (Å²) >= 11 is 1.36. The normalized spacial score (nSPS) is 22.1. The number of ether oxygens (including phenoxy) is 3. The van der Waals surface area contributed by atoms with Crippen LogP contribution in [0.1, 0.15) is 47.6 Å². The number of anilines is 1.